The number of unbranched alkanes of at least 4 members (excludes halogenated alkanes) is 1. The number of nitrogens with zero attached hydrogens (tertiary/aromatic N) is 1. The van der Waals surface area contributed by atoms with Gasteiger partial charge in [-0.25, -0.2) is 8.42 Å². The smallest absolute Gasteiger partial charge is 0.267 e. The monoisotopic (exact) mass is 422 g/mol. The van der Waals surface area contributed by atoms with Crippen LogP contribution in [0.25, 0.3) is 0 Å². The lowest BCUT2D eigenvalue weighted by Crippen LogP contribution is -2.48. The SMILES string of the molecule is CCCCc1ccc(NC(=O)[C@H]2CN(S(C)(=O)=O)c3cc(Cl)ccc3O2)cc1. The zero-order valence-corrected chi connectivity index (χ0v) is 17.4. The van der Waals surface area contributed by atoms with Crippen LogP contribution in [0.3, 0.4) is 0 Å². The molecule has 2 aromatic carbocycles. The van der Waals surface area contributed by atoms with E-state index in [9.17, 15) is 13.2 Å². The highest BCUT2D eigenvalue weighted by Gasteiger charge is 2.35. The number of sulfonamides is 1. The first-order valence-electron chi connectivity index (χ1n) is 9.11. The Labute approximate surface area is 170 Å². The van der Waals surface area contributed by atoms with Crippen molar-refractivity contribution in [2.75, 3.05) is 22.4 Å². The molecule has 6 nitrogen and oxygen atoms in total. The number of carbonyl (C=O) groups is 1. The average Bonchev–Trinajstić information content (AvgIpc) is 2.65. The van der Waals surface area contributed by atoms with Gasteiger partial charge in [-0.05, 0) is 48.7 Å². The van der Waals surface area contributed by atoms with Crippen LogP contribution in [0.4, 0.5) is 11.4 Å². The van der Waals surface area contributed by atoms with Gasteiger partial charge >= 0.3 is 0 Å². The van der Waals surface area contributed by atoms with Gasteiger partial charge in [0.05, 0.1) is 18.5 Å². The number of rotatable bonds is 6. The number of ether oxygens (including phenoxy) is 1. The Hall–Kier alpha value is -2.25. The van der Waals surface area contributed by atoms with Crippen LogP contribution in [-0.4, -0.2) is 33.2 Å². The molecule has 2 aromatic rings. The van der Waals surface area contributed by atoms with Crippen LogP contribution >= 0.6 is 11.6 Å². The summed E-state index contributed by atoms with van der Waals surface area (Å²) < 4.78 is 31.3. The van der Waals surface area contributed by atoms with Crippen LogP contribution in [0.1, 0.15) is 25.3 Å². The lowest BCUT2D eigenvalue weighted by atomic mass is 10.1. The van der Waals surface area contributed by atoms with Crippen molar-refractivity contribution in [2.24, 2.45) is 0 Å². The van der Waals surface area contributed by atoms with E-state index < -0.39 is 22.0 Å². The fourth-order valence-corrected chi connectivity index (χ4v) is 4.11. The lowest BCUT2D eigenvalue weighted by molar-refractivity contribution is -0.122. The molecular weight excluding hydrogens is 400 g/mol. The number of aryl methyl sites for hydroxylation is 1. The van der Waals surface area contributed by atoms with E-state index in [0.717, 1.165) is 29.8 Å². The van der Waals surface area contributed by atoms with Crippen molar-refractivity contribution < 1.29 is 17.9 Å². The molecule has 0 unspecified atom stereocenters. The summed E-state index contributed by atoms with van der Waals surface area (Å²) in [5.74, 6) is -0.105. The molecule has 0 saturated heterocycles. The molecule has 0 saturated carbocycles. The minimum atomic E-state index is -3.60. The molecule has 1 amide bonds. The maximum absolute atomic E-state index is 12.7. The van der Waals surface area contributed by atoms with Crippen molar-refractivity contribution in [1.29, 1.82) is 0 Å². The lowest BCUT2D eigenvalue weighted by Gasteiger charge is -2.34. The summed E-state index contributed by atoms with van der Waals surface area (Å²) in [6, 6.07) is 12.3. The summed E-state index contributed by atoms with van der Waals surface area (Å²) in [4.78, 5) is 12.7. The van der Waals surface area contributed by atoms with E-state index in [4.69, 9.17) is 16.3 Å². The van der Waals surface area contributed by atoms with E-state index in [-0.39, 0.29) is 6.54 Å². The van der Waals surface area contributed by atoms with Crippen molar-refractivity contribution in [2.45, 2.75) is 32.3 Å². The van der Waals surface area contributed by atoms with Gasteiger partial charge < -0.3 is 10.1 Å². The molecule has 1 heterocycles. The third-order valence-electron chi connectivity index (χ3n) is 4.52. The Kier molecular flexibility index (Phi) is 6.15. The van der Waals surface area contributed by atoms with Gasteiger partial charge in [0.15, 0.2) is 6.10 Å². The molecule has 8 heteroatoms. The van der Waals surface area contributed by atoms with Gasteiger partial charge in [0.1, 0.15) is 5.75 Å². The average molecular weight is 423 g/mol. The summed E-state index contributed by atoms with van der Waals surface area (Å²) in [6.45, 7) is 2.03. The fourth-order valence-electron chi connectivity index (χ4n) is 3.03. The highest BCUT2D eigenvalue weighted by Crippen LogP contribution is 2.37. The number of benzene rings is 2. The molecule has 0 radical (unpaired) electrons. The van der Waals surface area contributed by atoms with Gasteiger partial charge in [0, 0.05) is 10.7 Å². The first-order chi connectivity index (χ1) is 13.3. The summed E-state index contributed by atoms with van der Waals surface area (Å²) in [5, 5.41) is 3.19. The fraction of sp³-hybridized carbons (Fsp3) is 0.350. The van der Waals surface area contributed by atoms with Gasteiger partial charge in [0.25, 0.3) is 5.91 Å². The molecule has 1 aliphatic heterocycles. The molecular formula is C20H23ClN2O4S. The molecule has 3 rings (SSSR count). The first kappa shape index (κ1) is 20.5. The van der Waals surface area contributed by atoms with Crippen LogP contribution in [0.5, 0.6) is 5.75 Å². The third-order valence-corrected chi connectivity index (χ3v) is 5.91. The molecule has 1 aliphatic rings. The van der Waals surface area contributed by atoms with Crippen LogP contribution in [0.15, 0.2) is 42.5 Å². The molecule has 0 bridgehead atoms. The van der Waals surface area contributed by atoms with Crippen molar-refractivity contribution in [1.82, 2.24) is 0 Å². The Morgan fingerprint density at radius 1 is 1.25 bits per heavy atom. The van der Waals surface area contributed by atoms with E-state index in [1.165, 1.54) is 11.6 Å². The van der Waals surface area contributed by atoms with Gasteiger partial charge in [-0.2, -0.15) is 0 Å². The summed E-state index contributed by atoms with van der Waals surface area (Å²) in [6.07, 6.45) is 3.36. The van der Waals surface area contributed by atoms with E-state index in [1.54, 1.807) is 12.1 Å². The highest BCUT2D eigenvalue weighted by molar-refractivity contribution is 7.92. The molecule has 150 valence electrons. The number of halogens is 1. The number of fused-ring (bicyclic) bond motifs is 1. The number of hydrogen-bond donors (Lipinski definition) is 1. The number of anilines is 2. The minimum absolute atomic E-state index is 0.118. The van der Waals surface area contributed by atoms with E-state index in [2.05, 4.69) is 12.2 Å². The number of carbonyl (C=O) groups excluding carboxylic acids is 1. The molecule has 0 fully saturated rings. The summed E-state index contributed by atoms with van der Waals surface area (Å²) in [7, 11) is -3.60. The Bertz CT molecular complexity index is 961. The zero-order chi connectivity index (χ0) is 20.3. The topological polar surface area (TPSA) is 75.7 Å². The van der Waals surface area contributed by atoms with Gasteiger partial charge in [-0.1, -0.05) is 37.1 Å². The maximum atomic E-state index is 12.7. The summed E-state index contributed by atoms with van der Waals surface area (Å²) in [5.41, 5.74) is 2.18. The maximum Gasteiger partial charge on any atom is 0.267 e. The van der Waals surface area contributed by atoms with Crippen molar-refractivity contribution >= 4 is 38.9 Å². The second-order valence-corrected chi connectivity index (χ2v) is 9.15. The number of nitrogens with one attached hydrogen (secondary N) is 1. The molecule has 0 aliphatic carbocycles. The van der Waals surface area contributed by atoms with E-state index in [0.29, 0.717) is 22.1 Å². The van der Waals surface area contributed by atoms with Crippen molar-refractivity contribution in [3.63, 3.8) is 0 Å². The van der Waals surface area contributed by atoms with E-state index >= 15 is 0 Å². The molecule has 0 aromatic heterocycles. The second kappa shape index (κ2) is 8.41. The van der Waals surface area contributed by atoms with Crippen LogP contribution in [0.2, 0.25) is 5.02 Å². The predicted molar refractivity (Wildman–Crippen MR) is 112 cm³/mol. The molecule has 28 heavy (non-hydrogen) atoms. The minimum Gasteiger partial charge on any atom is -0.476 e. The van der Waals surface area contributed by atoms with Crippen LogP contribution in [-0.2, 0) is 21.2 Å². The first-order valence-corrected chi connectivity index (χ1v) is 11.3. The molecule has 1 atom stereocenters. The normalized spacial score (nSPS) is 16.2. The Morgan fingerprint density at radius 2 is 1.96 bits per heavy atom. The van der Waals surface area contributed by atoms with Crippen LogP contribution < -0.4 is 14.4 Å². The Morgan fingerprint density at radius 3 is 2.61 bits per heavy atom. The van der Waals surface area contributed by atoms with Gasteiger partial charge in [0.2, 0.25) is 10.0 Å². The van der Waals surface area contributed by atoms with Crippen LogP contribution in [0, 0.1) is 0 Å². The van der Waals surface area contributed by atoms with Crippen molar-refractivity contribution in [3.05, 3.63) is 53.1 Å². The van der Waals surface area contributed by atoms with Crippen molar-refractivity contribution in [3.8, 4) is 5.75 Å². The molecule has 1 N–H and O–H groups in total. The largest absolute Gasteiger partial charge is 0.476 e. The number of amides is 1. The third kappa shape index (κ3) is 4.77. The zero-order valence-electron chi connectivity index (χ0n) is 15.8. The number of hydrogen-bond acceptors (Lipinski definition) is 4. The van der Waals surface area contributed by atoms with Gasteiger partial charge in [-0.15, -0.1) is 0 Å². The standard InChI is InChI=1S/C20H23ClN2O4S/c1-3-4-5-14-6-9-16(10-7-14)22-20(24)19-13-23(28(2,25)26)17-12-15(21)8-11-18(17)27-19/h6-12,19H,3-5,13H2,1-2H3,(H,22,24)/t19-/m1/s1. The Balaban J connectivity index is 1.76. The van der Waals surface area contributed by atoms with Gasteiger partial charge in [-0.3, -0.25) is 9.10 Å². The second-order valence-electron chi connectivity index (χ2n) is 6.80. The highest BCUT2D eigenvalue weighted by atomic mass is 35.5. The summed E-state index contributed by atoms with van der Waals surface area (Å²) >= 11 is 5.99. The molecule has 0 spiro atoms. The van der Waals surface area contributed by atoms with E-state index in [1.807, 2.05) is 24.3 Å². The quantitative estimate of drug-likeness (QED) is 0.767. The predicted octanol–water partition coefficient (Wildman–Crippen LogP) is 3.85.